The largest absolute Gasteiger partial charge is 0.481 e. The highest BCUT2D eigenvalue weighted by Gasteiger charge is 2.36. The van der Waals surface area contributed by atoms with Gasteiger partial charge in [0.15, 0.2) is 0 Å². The normalized spacial score (nSPS) is 19.0. The van der Waals surface area contributed by atoms with Crippen molar-refractivity contribution in [2.75, 3.05) is 0 Å². The van der Waals surface area contributed by atoms with Gasteiger partial charge in [-0.15, -0.1) is 0 Å². The molecule has 33 heavy (non-hydrogen) atoms. The predicted molar refractivity (Wildman–Crippen MR) is 137 cm³/mol. The molecule has 0 spiro atoms. The first-order valence-corrected chi connectivity index (χ1v) is 14.1. The summed E-state index contributed by atoms with van der Waals surface area (Å²) >= 11 is 0. The van der Waals surface area contributed by atoms with Crippen molar-refractivity contribution in [1.29, 1.82) is 0 Å². The Morgan fingerprint density at radius 3 is 1.61 bits per heavy atom. The lowest BCUT2D eigenvalue weighted by Gasteiger charge is -2.28. The summed E-state index contributed by atoms with van der Waals surface area (Å²) in [4.78, 5) is 24.1. The van der Waals surface area contributed by atoms with Crippen molar-refractivity contribution in [3.8, 4) is 0 Å². The lowest BCUT2D eigenvalue weighted by molar-refractivity contribution is -0.164. The van der Waals surface area contributed by atoms with E-state index in [1.165, 1.54) is 89.9 Å². The van der Waals surface area contributed by atoms with E-state index in [0.29, 0.717) is 12.8 Å². The van der Waals surface area contributed by atoms with Crippen LogP contribution < -0.4 is 0 Å². The van der Waals surface area contributed by atoms with Gasteiger partial charge in [-0.05, 0) is 31.6 Å². The molecule has 0 radical (unpaired) electrons. The molecule has 0 heterocycles. The number of carbonyl (C=O) groups is 2. The first-order chi connectivity index (χ1) is 16.0. The van der Waals surface area contributed by atoms with Gasteiger partial charge in [0.1, 0.15) is 6.10 Å². The topological polar surface area (TPSA) is 63.6 Å². The molecule has 1 aliphatic rings. The number of hydrogen-bond donors (Lipinski definition) is 1. The van der Waals surface area contributed by atoms with E-state index in [4.69, 9.17) is 4.74 Å². The van der Waals surface area contributed by atoms with Crippen LogP contribution in [0.4, 0.5) is 0 Å². The summed E-state index contributed by atoms with van der Waals surface area (Å²) < 4.78 is 5.81. The highest BCUT2D eigenvalue weighted by atomic mass is 16.5. The fourth-order valence-corrected chi connectivity index (χ4v) is 4.83. The maximum atomic E-state index is 12.7. The molecular weight excluding hydrogens is 412 g/mol. The number of carboxylic acids is 1. The van der Waals surface area contributed by atoms with Crippen molar-refractivity contribution in [2.24, 2.45) is 17.8 Å². The lowest BCUT2D eigenvalue weighted by Crippen LogP contribution is -2.35. The minimum atomic E-state index is -0.898. The van der Waals surface area contributed by atoms with E-state index in [0.717, 1.165) is 12.8 Å². The van der Waals surface area contributed by atoms with Gasteiger partial charge in [0.05, 0.1) is 11.8 Å². The van der Waals surface area contributed by atoms with Gasteiger partial charge in [-0.25, -0.2) is 0 Å². The third-order valence-corrected chi connectivity index (χ3v) is 7.16. The Kier molecular flexibility index (Phi) is 17.1. The predicted octanol–water partition coefficient (Wildman–Crippen LogP) is 8.48. The Balaban J connectivity index is 2.08. The minimum Gasteiger partial charge on any atom is -0.481 e. The van der Waals surface area contributed by atoms with Crippen molar-refractivity contribution >= 4 is 11.9 Å². The Bertz CT molecular complexity index is 540. The quantitative estimate of drug-likeness (QED) is 0.111. The zero-order chi connectivity index (χ0) is 24.3. The summed E-state index contributed by atoms with van der Waals surface area (Å²) in [7, 11) is 0. The third kappa shape index (κ3) is 13.9. The van der Waals surface area contributed by atoms with Crippen LogP contribution >= 0.6 is 0 Å². The van der Waals surface area contributed by atoms with Gasteiger partial charge >= 0.3 is 11.9 Å². The van der Waals surface area contributed by atoms with Gasteiger partial charge in [0.2, 0.25) is 0 Å². The zero-order valence-corrected chi connectivity index (χ0v) is 21.9. The number of hydrogen-bond acceptors (Lipinski definition) is 3. The molecule has 1 N–H and O–H groups in total. The molecule has 0 aromatic rings. The molecule has 0 aliphatic heterocycles. The molecule has 0 bridgehead atoms. The maximum Gasteiger partial charge on any atom is 0.310 e. The maximum absolute atomic E-state index is 12.7. The van der Waals surface area contributed by atoms with Crippen LogP contribution in [0.3, 0.4) is 0 Å². The second kappa shape index (κ2) is 19.0. The zero-order valence-electron chi connectivity index (χ0n) is 21.9. The van der Waals surface area contributed by atoms with Crippen LogP contribution in [-0.2, 0) is 14.3 Å². The van der Waals surface area contributed by atoms with E-state index in [-0.39, 0.29) is 18.0 Å². The SMILES string of the molecule is CCCCCCCCCCCCCCCCCC(OC(=O)C1CC=CCC1C(=O)O)C(C)C. The molecule has 4 heteroatoms. The Morgan fingerprint density at radius 1 is 0.758 bits per heavy atom. The van der Waals surface area contributed by atoms with Crippen molar-refractivity contribution in [1.82, 2.24) is 0 Å². The van der Waals surface area contributed by atoms with Crippen LogP contribution in [0.1, 0.15) is 136 Å². The van der Waals surface area contributed by atoms with Gasteiger partial charge in [-0.2, -0.15) is 0 Å². The highest BCUT2D eigenvalue weighted by molar-refractivity contribution is 5.81. The van der Waals surface area contributed by atoms with Gasteiger partial charge in [0, 0.05) is 0 Å². The molecule has 1 rings (SSSR count). The summed E-state index contributed by atoms with van der Waals surface area (Å²) in [5.41, 5.74) is 0. The van der Waals surface area contributed by atoms with Gasteiger partial charge in [-0.1, -0.05) is 123 Å². The summed E-state index contributed by atoms with van der Waals surface area (Å²) in [5.74, 6) is -2.17. The monoisotopic (exact) mass is 464 g/mol. The van der Waals surface area contributed by atoms with Crippen LogP contribution in [0.25, 0.3) is 0 Å². The molecule has 0 saturated heterocycles. The number of ether oxygens (including phenoxy) is 1. The van der Waals surface area contributed by atoms with Crippen LogP contribution in [0.15, 0.2) is 12.2 Å². The van der Waals surface area contributed by atoms with Gasteiger partial charge in [-0.3, -0.25) is 9.59 Å². The lowest BCUT2D eigenvalue weighted by atomic mass is 9.83. The van der Waals surface area contributed by atoms with Crippen molar-refractivity contribution in [2.45, 2.75) is 142 Å². The van der Waals surface area contributed by atoms with Crippen LogP contribution in [0, 0.1) is 17.8 Å². The fraction of sp³-hybridized carbons (Fsp3) is 0.862. The Labute approximate surface area is 203 Å². The van der Waals surface area contributed by atoms with E-state index in [1.807, 2.05) is 12.2 Å². The molecule has 3 atom stereocenters. The Hall–Kier alpha value is -1.32. The molecule has 4 nitrogen and oxygen atoms in total. The molecule has 0 fully saturated rings. The number of esters is 1. The van der Waals surface area contributed by atoms with Crippen molar-refractivity contribution in [3.63, 3.8) is 0 Å². The number of rotatable bonds is 20. The average molecular weight is 465 g/mol. The molecule has 192 valence electrons. The first kappa shape index (κ1) is 29.7. The molecule has 0 saturated carbocycles. The van der Waals surface area contributed by atoms with E-state index >= 15 is 0 Å². The van der Waals surface area contributed by atoms with Gasteiger partial charge in [0.25, 0.3) is 0 Å². The van der Waals surface area contributed by atoms with Crippen LogP contribution in [-0.4, -0.2) is 23.1 Å². The smallest absolute Gasteiger partial charge is 0.310 e. The third-order valence-electron chi connectivity index (χ3n) is 7.16. The number of carbonyl (C=O) groups excluding carboxylic acids is 1. The second-order valence-electron chi connectivity index (χ2n) is 10.5. The summed E-state index contributed by atoms with van der Waals surface area (Å²) in [6.07, 6.45) is 25.5. The van der Waals surface area contributed by atoms with Crippen LogP contribution in [0.2, 0.25) is 0 Å². The van der Waals surface area contributed by atoms with E-state index < -0.39 is 17.8 Å². The highest BCUT2D eigenvalue weighted by Crippen LogP contribution is 2.29. The molecule has 1 aliphatic carbocycles. The number of aliphatic carboxylic acids is 1. The van der Waals surface area contributed by atoms with Crippen LogP contribution in [0.5, 0.6) is 0 Å². The minimum absolute atomic E-state index is 0.111. The van der Waals surface area contributed by atoms with E-state index in [1.54, 1.807) is 0 Å². The number of allylic oxidation sites excluding steroid dienone is 2. The number of unbranched alkanes of at least 4 members (excludes halogenated alkanes) is 14. The summed E-state index contributed by atoms with van der Waals surface area (Å²) in [6, 6.07) is 0. The number of carboxylic acid groups (broad SMARTS) is 1. The first-order valence-electron chi connectivity index (χ1n) is 14.1. The van der Waals surface area contributed by atoms with Gasteiger partial charge < -0.3 is 9.84 Å². The molecular formula is C29H52O4. The summed E-state index contributed by atoms with van der Waals surface area (Å²) in [5, 5.41) is 9.41. The van der Waals surface area contributed by atoms with Crippen molar-refractivity contribution in [3.05, 3.63) is 12.2 Å². The standard InChI is InChI=1S/C29H52O4/c1-4-5-6-7-8-9-10-11-12-13-14-15-16-17-18-23-27(24(2)3)33-29(32)26-22-20-19-21-25(26)28(30)31/h19-20,24-27H,4-18,21-23H2,1-3H3,(H,30,31). The van der Waals surface area contributed by atoms with E-state index in [9.17, 15) is 14.7 Å². The summed E-state index contributed by atoms with van der Waals surface area (Å²) in [6.45, 7) is 6.44. The van der Waals surface area contributed by atoms with Crippen molar-refractivity contribution < 1.29 is 19.4 Å². The molecule has 0 aromatic heterocycles. The Morgan fingerprint density at radius 2 is 1.18 bits per heavy atom. The van der Waals surface area contributed by atoms with E-state index in [2.05, 4.69) is 20.8 Å². The molecule has 0 amide bonds. The fourth-order valence-electron chi connectivity index (χ4n) is 4.83. The molecule has 3 unspecified atom stereocenters. The second-order valence-corrected chi connectivity index (χ2v) is 10.5. The average Bonchev–Trinajstić information content (AvgIpc) is 2.80. The molecule has 0 aromatic carbocycles.